The molecule has 2 aromatic heterocycles. The number of H-pyrrole nitrogens is 1. The molecule has 0 bridgehead atoms. The van der Waals surface area contributed by atoms with Crippen LogP contribution in [-0.4, -0.2) is 4.98 Å². The van der Waals surface area contributed by atoms with Gasteiger partial charge in [-0.25, -0.2) is 0 Å². The molecule has 2 aromatic rings. The minimum Gasteiger partial charge on any atom is -0.361 e. The zero-order chi connectivity index (χ0) is 8.39. The molecule has 0 saturated carbocycles. The van der Waals surface area contributed by atoms with Gasteiger partial charge in [-0.2, -0.15) is 0 Å². The smallest absolute Gasteiger partial charge is 0.0555 e. The molecule has 0 atom stereocenters. The van der Waals surface area contributed by atoms with Gasteiger partial charge >= 0.3 is 0 Å². The topological polar surface area (TPSA) is 15.8 Å². The monoisotopic (exact) mass is 177 g/mol. The first-order chi connectivity index (χ1) is 5.90. The van der Waals surface area contributed by atoms with E-state index in [4.69, 9.17) is 0 Å². The van der Waals surface area contributed by atoms with Gasteiger partial charge in [-0.15, -0.1) is 11.3 Å². The van der Waals surface area contributed by atoms with Crippen molar-refractivity contribution in [2.24, 2.45) is 0 Å². The summed E-state index contributed by atoms with van der Waals surface area (Å²) in [6.45, 7) is 2.18. The van der Waals surface area contributed by atoms with Gasteiger partial charge in [-0.3, -0.25) is 0 Å². The molecule has 12 heavy (non-hydrogen) atoms. The molecule has 0 amide bonds. The molecule has 0 spiro atoms. The van der Waals surface area contributed by atoms with E-state index in [-0.39, 0.29) is 0 Å². The van der Waals surface area contributed by atoms with Crippen molar-refractivity contribution in [1.29, 1.82) is 0 Å². The summed E-state index contributed by atoms with van der Waals surface area (Å²) in [5.41, 5.74) is 2.64. The fourth-order valence-electron chi connectivity index (χ4n) is 1.19. The molecule has 0 saturated heterocycles. The summed E-state index contributed by atoms with van der Waals surface area (Å²) in [4.78, 5) is 4.53. The molecule has 2 heterocycles. The largest absolute Gasteiger partial charge is 0.361 e. The van der Waals surface area contributed by atoms with Gasteiger partial charge in [0.15, 0.2) is 0 Å². The molecule has 62 valence electrons. The Hall–Kier alpha value is -1.02. The average molecular weight is 177 g/mol. The number of rotatable bonds is 2. The summed E-state index contributed by atoms with van der Waals surface area (Å²) in [7, 11) is 0. The van der Waals surface area contributed by atoms with Gasteiger partial charge in [0.25, 0.3) is 0 Å². The van der Waals surface area contributed by atoms with Crippen molar-refractivity contribution in [3.63, 3.8) is 0 Å². The van der Waals surface area contributed by atoms with E-state index < -0.39 is 0 Å². The average Bonchev–Trinajstić information content (AvgIpc) is 2.75. The fraction of sp³-hybridized carbons (Fsp3) is 0.200. The lowest BCUT2D eigenvalue weighted by Crippen LogP contribution is -1.71. The van der Waals surface area contributed by atoms with Gasteiger partial charge in [0.05, 0.1) is 10.6 Å². The van der Waals surface area contributed by atoms with Crippen molar-refractivity contribution in [2.45, 2.75) is 13.3 Å². The zero-order valence-corrected chi connectivity index (χ0v) is 7.82. The van der Waals surface area contributed by atoms with E-state index in [9.17, 15) is 0 Å². The quantitative estimate of drug-likeness (QED) is 0.724. The van der Waals surface area contributed by atoms with Crippen molar-refractivity contribution in [3.8, 4) is 10.6 Å². The second-order valence-corrected chi connectivity index (χ2v) is 3.67. The molecule has 1 nitrogen and oxygen atoms in total. The normalized spacial score (nSPS) is 10.4. The highest BCUT2D eigenvalue weighted by Crippen LogP contribution is 2.25. The standard InChI is InChI=1S/C10H11NS/c1-2-8-6-10(12-7-8)9-4-3-5-11-9/h3-7,11H,2H2,1H3. The number of aromatic amines is 1. The Kier molecular flexibility index (Phi) is 2.00. The molecular formula is C10H11NS. The van der Waals surface area contributed by atoms with Crippen molar-refractivity contribution in [2.75, 3.05) is 0 Å². The van der Waals surface area contributed by atoms with Crippen molar-refractivity contribution >= 4 is 11.3 Å². The second-order valence-electron chi connectivity index (χ2n) is 2.76. The van der Waals surface area contributed by atoms with E-state index in [1.807, 2.05) is 12.3 Å². The van der Waals surface area contributed by atoms with Crippen LogP contribution in [0.4, 0.5) is 0 Å². The molecule has 0 aliphatic carbocycles. The summed E-state index contributed by atoms with van der Waals surface area (Å²) in [5.74, 6) is 0. The van der Waals surface area contributed by atoms with Gasteiger partial charge < -0.3 is 4.98 Å². The van der Waals surface area contributed by atoms with Crippen molar-refractivity contribution in [1.82, 2.24) is 4.98 Å². The molecule has 0 fully saturated rings. The van der Waals surface area contributed by atoms with Crippen LogP contribution in [0.5, 0.6) is 0 Å². The molecule has 0 aliphatic rings. The Morgan fingerprint density at radius 1 is 1.50 bits per heavy atom. The predicted octanol–water partition coefficient (Wildman–Crippen LogP) is 3.31. The maximum absolute atomic E-state index is 3.20. The Morgan fingerprint density at radius 3 is 3.00 bits per heavy atom. The first-order valence-electron chi connectivity index (χ1n) is 4.11. The van der Waals surface area contributed by atoms with Gasteiger partial charge in [-0.1, -0.05) is 6.92 Å². The molecular weight excluding hydrogens is 166 g/mol. The van der Waals surface area contributed by atoms with Crippen LogP contribution in [0.1, 0.15) is 12.5 Å². The Morgan fingerprint density at radius 2 is 2.42 bits per heavy atom. The highest BCUT2D eigenvalue weighted by Gasteiger charge is 2.00. The molecule has 1 N–H and O–H groups in total. The third-order valence-electron chi connectivity index (χ3n) is 1.93. The van der Waals surface area contributed by atoms with Crippen LogP contribution in [0.3, 0.4) is 0 Å². The molecule has 0 aliphatic heterocycles. The van der Waals surface area contributed by atoms with E-state index >= 15 is 0 Å². The SMILES string of the molecule is CCc1csc(-c2ccc[nH]2)c1. The lowest BCUT2D eigenvalue weighted by Gasteiger charge is -1.88. The third-order valence-corrected chi connectivity index (χ3v) is 2.94. The number of aromatic nitrogens is 1. The summed E-state index contributed by atoms with van der Waals surface area (Å²) in [6.07, 6.45) is 3.08. The molecule has 2 rings (SSSR count). The minimum absolute atomic E-state index is 1.12. The summed E-state index contributed by atoms with van der Waals surface area (Å²) in [6, 6.07) is 6.38. The van der Waals surface area contributed by atoms with E-state index in [1.165, 1.54) is 16.1 Å². The van der Waals surface area contributed by atoms with Gasteiger partial charge in [0, 0.05) is 6.20 Å². The van der Waals surface area contributed by atoms with Crippen LogP contribution in [-0.2, 0) is 6.42 Å². The fourth-order valence-corrected chi connectivity index (χ4v) is 2.17. The van der Waals surface area contributed by atoms with Gasteiger partial charge in [-0.05, 0) is 35.6 Å². The molecule has 0 radical (unpaired) electrons. The molecule has 0 aromatic carbocycles. The van der Waals surface area contributed by atoms with E-state index in [0.717, 1.165) is 6.42 Å². The number of hydrogen-bond acceptors (Lipinski definition) is 1. The zero-order valence-electron chi connectivity index (χ0n) is 7.00. The van der Waals surface area contributed by atoms with E-state index in [0.29, 0.717) is 0 Å². The van der Waals surface area contributed by atoms with Crippen LogP contribution in [0.25, 0.3) is 10.6 Å². The van der Waals surface area contributed by atoms with Crippen LogP contribution in [0, 0.1) is 0 Å². The van der Waals surface area contributed by atoms with E-state index in [1.54, 1.807) is 11.3 Å². The highest BCUT2D eigenvalue weighted by atomic mass is 32.1. The number of hydrogen-bond donors (Lipinski definition) is 1. The minimum atomic E-state index is 1.12. The second kappa shape index (κ2) is 3.15. The van der Waals surface area contributed by atoms with Crippen LogP contribution in [0.15, 0.2) is 29.8 Å². The first-order valence-corrected chi connectivity index (χ1v) is 4.99. The third kappa shape index (κ3) is 1.30. The Labute approximate surface area is 76.1 Å². The molecule has 0 unspecified atom stereocenters. The number of thiophene rings is 1. The van der Waals surface area contributed by atoms with Gasteiger partial charge in [0.1, 0.15) is 0 Å². The molecule has 2 heteroatoms. The number of aryl methyl sites for hydroxylation is 1. The first kappa shape index (κ1) is 7.62. The van der Waals surface area contributed by atoms with E-state index in [2.05, 4.69) is 29.4 Å². The maximum Gasteiger partial charge on any atom is 0.0555 e. The number of nitrogens with one attached hydrogen (secondary N) is 1. The maximum atomic E-state index is 3.20. The van der Waals surface area contributed by atoms with Crippen LogP contribution >= 0.6 is 11.3 Å². The Balaban J connectivity index is 2.35. The van der Waals surface area contributed by atoms with Crippen molar-refractivity contribution < 1.29 is 0 Å². The highest BCUT2D eigenvalue weighted by molar-refractivity contribution is 7.13. The Bertz CT molecular complexity index is 346. The summed E-state index contributed by atoms with van der Waals surface area (Å²) >= 11 is 1.80. The lowest BCUT2D eigenvalue weighted by atomic mass is 10.2. The summed E-state index contributed by atoms with van der Waals surface area (Å²) < 4.78 is 0. The van der Waals surface area contributed by atoms with Crippen molar-refractivity contribution in [3.05, 3.63) is 35.3 Å². The van der Waals surface area contributed by atoms with Crippen LogP contribution < -0.4 is 0 Å². The predicted molar refractivity (Wildman–Crippen MR) is 53.5 cm³/mol. The van der Waals surface area contributed by atoms with Crippen LogP contribution in [0.2, 0.25) is 0 Å². The van der Waals surface area contributed by atoms with Gasteiger partial charge in [0.2, 0.25) is 0 Å². The lowest BCUT2D eigenvalue weighted by molar-refractivity contribution is 1.16. The summed E-state index contributed by atoms with van der Waals surface area (Å²) in [5, 5.41) is 2.22.